The van der Waals surface area contributed by atoms with Crippen LogP contribution in [0.15, 0.2) is 18.2 Å². The van der Waals surface area contributed by atoms with Crippen LogP contribution in [0.2, 0.25) is 0 Å². The molecule has 4 nitrogen and oxygen atoms in total. The summed E-state index contributed by atoms with van der Waals surface area (Å²) in [6.07, 6.45) is -4.55. The standard InChI is InChI=1S/C12H13F4NO3/c1-20-10-3-2-9(13)4-8(10)5-17(6-11(18)19)7-12(14,15)16/h2-4H,5-7H2,1H3,(H,18,19). The number of halogens is 4. The summed E-state index contributed by atoms with van der Waals surface area (Å²) in [6, 6.07) is 3.40. The van der Waals surface area contributed by atoms with Gasteiger partial charge in [-0.05, 0) is 18.2 Å². The third kappa shape index (κ3) is 5.43. The van der Waals surface area contributed by atoms with E-state index in [1.165, 1.54) is 13.2 Å². The Balaban J connectivity index is 2.93. The lowest BCUT2D eigenvalue weighted by atomic mass is 10.1. The van der Waals surface area contributed by atoms with Gasteiger partial charge in [-0.1, -0.05) is 0 Å². The lowest BCUT2D eigenvalue weighted by Crippen LogP contribution is -2.37. The summed E-state index contributed by atoms with van der Waals surface area (Å²) in [4.78, 5) is 11.2. The number of alkyl halides is 3. The summed E-state index contributed by atoms with van der Waals surface area (Å²) < 4.78 is 55.2. The molecule has 1 N–H and O–H groups in total. The number of hydrogen-bond donors (Lipinski definition) is 1. The molecule has 0 heterocycles. The molecule has 1 aromatic carbocycles. The van der Waals surface area contributed by atoms with Crippen molar-refractivity contribution in [3.05, 3.63) is 29.6 Å². The molecular weight excluding hydrogens is 282 g/mol. The zero-order valence-electron chi connectivity index (χ0n) is 10.6. The van der Waals surface area contributed by atoms with E-state index >= 15 is 0 Å². The summed E-state index contributed by atoms with van der Waals surface area (Å²) >= 11 is 0. The molecule has 0 saturated heterocycles. The van der Waals surface area contributed by atoms with Crippen LogP contribution in [0.1, 0.15) is 5.56 Å². The number of carbonyl (C=O) groups is 1. The van der Waals surface area contributed by atoms with Crippen molar-refractivity contribution in [1.29, 1.82) is 0 Å². The molecule has 20 heavy (non-hydrogen) atoms. The smallest absolute Gasteiger partial charge is 0.401 e. The minimum absolute atomic E-state index is 0.151. The van der Waals surface area contributed by atoms with Gasteiger partial charge in [-0.15, -0.1) is 0 Å². The second-order valence-electron chi connectivity index (χ2n) is 4.11. The van der Waals surface area contributed by atoms with Crippen molar-refractivity contribution in [3.8, 4) is 5.75 Å². The molecule has 8 heteroatoms. The van der Waals surface area contributed by atoms with Crippen LogP contribution in [0.3, 0.4) is 0 Å². The van der Waals surface area contributed by atoms with Gasteiger partial charge in [0.1, 0.15) is 11.6 Å². The van der Waals surface area contributed by atoms with E-state index in [0.29, 0.717) is 4.90 Å². The quantitative estimate of drug-likeness (QED) is 0.818. The lowest BCUT2D eigenvalue weighted by molar-refractivity contribution is -0.154. The van der Waals surface area contributed by atoms with Crippen molar-refractivity contribution in [2.24, 2.45) is 0 Å². The van der Waals surface area contributed by atoms with Gasteiger partial charge in [-0.2, -0.15) is 13.2 Å². The Bertz CT molecular complexity index is 476. The van der Waals surface area contributed by atoms with Gasteiger partial charge in [0.15, 0.2) is 0 Å². The highest BCUT2D eigenvalue weighted by Gasteiger charge is 2.31. The van der Waals surface area contributed by atoms with Gasteiger partial charge in [0.2, 0.25) is 0 Å². The molecule has 1 aromatic rings. The van der Waals surface area contributed by atoms with Gasteiger partial charge < -0.3 is 9.84 Å². The van der Waals surface area contributed by atoms with Gasteiger partial charge in [-0.25, -0.2) is 4.39 Å². The normalized spacial score (nSPS) is 11.7. The van der Waals surface area contributed by atoms with Crippen molar-refractivity contribution < 1.29 is 32.2 Å². The molecule has 0 aliphatic rings. The molecular formula is C12H13F4NO3. The number of hydrogen-bond acceptors (Lipinski definition) is 3. The van der Waals surface area contributed by atoms with Crippen LogP contribution >= 0.6 is 0 Å². The second kappa shape index (κ2) is 6.56. The van der Waals surface area contributed by atoms with E-state index in [0.717, 1.165) is 12.1 Å². The van der Waals surface area contributed by atoms with Crippen molar-refractivity contribution in [3.63, 3.8) is 0 Å². The van der Waals surface area contributed by atoms with Crippen LogP contribution in [-0.4, -0.2) is 42.4 Å². The molecule has 0 radical (unpaired) electrons. The fourth-order valence-corrected chi connectivity index (χ4v) is 1.72. The summed E-state index contributed by atoms with van der Waals surface area (Å²) in [5, 5.41) is 8.63. The molecule has 0 spiro atoms. The third-order valence-electron chi connectivity index (χ3n) is 2.40. The molecule has 0 unspecified atom stereocenters. The first-order chi connectivity index (χ1) is 9.21. The van der Waals surface area contributed by atoms with Crippen molar-refractivity contribution >= 4 is 5.97 Å². The Morgan fingerprint density at radius 3 is 2.55 bits per heavy atom. The number of carboxylic acids is 1. The Labute approximate surface area is 112 Å². The molecule has 0 atom stereocenters. The van der Waals surface area contributed by atoms with Gasteiger partial charge in [-0.3, -0.25) is 9.69 Å². The second-order valence-corrected chi connectivity index (χ2v) is 4.11. The molecule has 0 bridgehead atoms. The number of carboxylic acid groups (broad SMARTS) is 1. The Hall–Kier alpha value is -1.83. The van der Waals surface area contributed by atoms with E-state index in [4.69, 9.17) is 9.84 Å². The summed E-state index contributed by atoms with van der Waals surface area (Å²) in [5.41, 5.74) is 0.151. The molecule has 0 aromatic heterocycles. The van der Waals surface area contributed by atoms with E-state index in [1.807, 2.05) is 0 Å². The summed E-state index contributed by atoms with van der Waals surface area (Å²) in [6.45, 7) is -2.59. The summed E-state index contributed by atoms with van der Waals surface area (Å²) in [5.74, 6) is -1.84. The molecule has 112 valence electrons. The number of aliphatic carboxylic acids is 1. The fraction of sp³-hybridized carbons (Fsp3) is 0.417. The highest BCUT2D eigenvalue weighted by Crippen LogP contribution is 2.23. The zero-order valence-corrected chi connectivity index (χ0v) is 10.6. The van der Waals surface area contributed by atoms with Crippen molar-refractivity contribution in [2.75, 3.05) is 20.2 Å². The van der Waals surface area contributed by atoms with Crippen LogP contribution < -0.4 is 4.74 Å². The lowest BCUT2D eigenvalue weighted by Gasteiger charge is -2.22. The van der Waals surface area contributed by atoms with E-state index < -0.39 is 31.1 Å². The SMILES string of the molecule is COc1ccc(F)cc1CN(CC(=O)O)CC(F)(F)F. The molecule has 0 aliphatic carbocycles. The van der Waals surface area contributed by atoms with Gasteiger partial charge in [0.05, 0.1) is 20.2 Å². The predicted molar refractivity (Wildman–Crippen MR) is 61.9 cm³/mol. The van der Waals surface area contributed by atoms with Crippen LogP contribution in [0.25, 0.3) is 0 Å². The highest BCUT2D eigenvalue weighted by atomic mass is 19.4. The molecule has 0 amide bonds. The molecule has 1 rings (SSSR count). The minimum atomic E-state index is -4.55. The zero-order chi connectivity index (χ0) is 15.3. The van der Waals surface area contributed by atoms with Gasteiger partial charge in [0.25, 0.3) is 0 Å². The molecule has 0 fully saturated rings. The first kappa shape index (κ1) is 16.2. The first-order valence-corrected chi connectivity index (χ1v) is 5.54. The average Bonchev–Trinajstić information content (AvgIpc) is 2.25. The van der Waals surface area contributed by atoms with E-state index in [1.54, 1.807) is 0 Å². The van der Waals surface area contributed by atoms with E-state index in [-0.39, 0.29) is 17.9 Å². The number of methoxy groups -OCH3 is 1. The molecule has 0 saturated carbocycles. The maximum Gasteiger partial charge on any atom is 0.401 e. The van der Waals surface area contributed by atoms with Crippen molar-refractivity contribution in [2.45, 2.75) is 12.7 Å². The van der Waals surface area contributed by atoms with Crippen LogP contribution in [-0.2, 0) is 11.3 Å². The fourth-order valence-electron chi connectivity index (χ4n) is 1.72. The maximum atomic E-state index is 13.1. The maximum absolute atomic E-state index is 13.1. The first-order valence-electron chi connectivity index (χ1n) is 5.54. The Kier molecular flexibility index (Phi) is 5.32. The van der Waals surface area contributed by atoms with Crippen LogP contribution in [0.4, 0.5) is 17.6 Å². The average molecular weight is 295 g/mol. The molecule has 0 aliphatic heterocycles. The van der Waals surface area contributed by atoms with E-state index in [2.05, 4.69) is 0 Å². The van der Waals surface area contributed by atoms with Crippen molar-refractivity contribution in [1.82, 2.24) is 4.90 Å². The van der Waals surface area contributed by atoms with Crippen LogP contribution in [0, 0.1) is 5.82 Å². The number of rotatable bonds is 6. The summed E-state index contributed by atoms with van der Waals surface area (Å²) in [7, 11) is 1.29. The predicted octanol–water partition coefficient (Wildman–Crippen LogP) is 2.28. The minimum Gasteiger partial charge on any atom is -0.496 e. The van der Waals surface area contributed by atoms with Gasteiger partial charge in [0, 0.05) is 12.1 Å². The number of ether oxygens (including phenoxy) is 1. The largest absolute Gasteiger partial charge is 0.496 e. The Morgan fingerprint density at radius 2 is 2.05 bits per heavy atom. The van der Waals surface area contributed by atoms with Gasteiger partial charge >= 0.3 is 12.1 Å². The van der Waals surface area contributed by atoms with E-state index in [9.17, 15) is 22.4 Å². The third-order valence-corrected chi connectivity index (χ3v) is 2.40. The topological polar surface area (TPSA) is 49.8 Å². The monoisotopic (exact) mass is 295 g/mol. The Morgan fingerprint density at radius 1 is 1.40 bits per heavy atom. The highest BCUT2D eigenvalue weighted by molar-refractivity contribution is 5.69. The number of nitrogens with zero attached hydrogens (tertiary/aromatic N) is 1. The van der Waals surface area contributed by atoms with Crippen LogP contribution in [0.5, 0.6) is 5.75 Å². The number of benzene rings is 1.